The number of anilines is 1. The second-order valence-corrected chi connectivity index (χ2v) is 5.92. The van der Waals surface area contributed by atoms with Gasteiger partial charge in [0.2, 0.25) is 0 Å². The van der Waals surface area contributed by atoms with Gasteiger partial charge in [0.05, 0.1) is 11.7 Å². The lowest BCUT2D eigenvalue weighted by Gasteiger charge is -2.28. The molecule has 0 spiro atoms. The lowest BCUT2D eigenvalue weighted by atomic mass is 10.1. The van der Waals surface area contributed by atoms with E-state index in [1.54, 1.807) is 6.20 Å². The second kappa shape index (κ2) is 7.22. The molecule has 1 unspecified atom stereocenters. The van der Waals surface area contributed by atoms with Gasteiger partial charge in [-0.15, -0.1) is 0 Å². The van der Waals surface area contributed by atoms with E-state index in [4.69, 9.17) is 0 Å². The molecule has 5 nitrogen and oxygen atoms in total. The smallest absolute Gasteiger partial charge is 0.251 e. The van der Waals surface area contributed by atoms with Crippen LogP contribution in [-0.2, 0) is 0 Å². The van der Waals surface area contributed by atoms with Crippen LogP contribution in [-0.4, -0.2) is 29.0 Å². The van der Waals surface area contributed by atoms with E-state index in [1.807, 2.05) is 37.3 Å². The maximum absolute atomic E-state index is 12.3. The zero-order valence-electron chi connectivity index (χ0n) is 13.4. The van der Waals surface area contributed by atoms with E-state index in [9.17, 15) is 4.79 Å². The van der Waals surface area contributed by atoms with Crippen molar-refractivity contribution in [3.8, 4) is 0 Å². The standard InChI is InChI=1S/C18H22N4O/c1-14(17-9-10-19-13-20-17)21-18(23)15-5-7-16(8-6-15)22-11-3-2-4-12-22/h5-10,13-14H,2-4,11-12H2,1H3,(H,21,23). The molecular formula is C18H22N4O. The summed E-state index contributed by atoms with van der Waals surface area (Å²) in [5.41, 5.74) is 2.68. The van der Waals surface area contributed by atoms with E-state index in [0.717, 1.165) is 18.8 Å². The van der Waals surface area contributed by atoms with E-state index in [2.05, 4.69) is 20.2 Å². The number of aromatic nitrogens is 2. The predicted molar refractivity (Wildman–Crippen MR) is 90.4 cm³/mol. The van der Waals surface area contributed by atoms with Crippen LogP contribution in [0.5, 0.6) is 0 Å². The molecule has 1 aliphatic rings. The molecule has 1 aromatic carbocycles. The average molecular weight is 310 g/mol. The fraction of sp³-hybridized carbons (Fsp3) is 0.389. The van der Waals surface area contributed by atoms with Gasteiger partial charge in [-0.05, 0) is 56.5 Å². The molecule has 1 saturated heterocycles. The summed E-state index contributed by atoms with van der Waals surface area (Å²) in [5.74, 6) is -0.0821. The molecule has 1 atom stereocenters. The summed E-state index contributed by atoms with van der Waals surface area (Å²) in [5, 5.41) is 2.97. The molecule has 120 valence electrons. The number of nitrogens with one attached hydrogen (secondary N) is 1. The summed E-state index contributed by atoms with van der Waals surface area (Å²) in [6.07, 6.45) is 6.99. The highest BCUT2D eigenvalue weighted by atomic mass is 16.1. The summed E-state index contributed by atoms with van der Waals surface area (Å²) in [6, 6.07) is 9.53. The van der Waals surface area contributed by atoms with Crippen molar-refractivity contribution < 1.29 is 4.79 Å². The number of amides is 1. The molecule has 1 amide bonds. The van der Waals surface area contributed by atoms with E-state index < -0.39 is 0 Å². The molecule has 0 saturated carbocycles. The van der Waals surface area contributed by atoms with E-state index in [1.165, 1.54) is 31.3 Å². The number of rotatable bonds is 4. The lowest BCUT2D eigenvalue weighted by Crippen LogP contribution is -2.29. The predicted octanol–water partition coefficient (Wildman–Crippen LogP) is 2.96. The molecule has 1 aromatic heterocycles. The van der Waals surface area contributed by atoms with Crippen LogP contribution in [0, 0.1) is 0 Å². The van der Waals surface area contributed by atoms with Crippen molar-refractivity contribution in [3.05, 3.63) is 54.1 Å². The lowest BCUT2D eigenvalue weighted by molar-refractivity contribution is 0.0939. The molecular weight excluding hydrogens is 288 g/mol. The topological polar surface area (TPSA) is 58.1 Å². The minimum atomic E-state index is -0.146. The largest absolute Gasteiger partial charge is 0.372 e. The third-order valence-corrected chi connectivity index (χ3v) is 4.25. The number of piperidine rings is 1. The summed E-state index contributed by atoms with van der Waals surface area (Å²) in [6.45, 7) is 4.13. The molecule has 1 aliphatic heterocycles. The van der Waals surface area contributed by atoms with Gasteiger partial charge in [0.25, 0.3) is 5.91 Å². The molecule has 5 heteroatoms. The number of benzene rings is 1. The summed E-state index contributed by atoms with van der Waals surface area (Å²) < 4.78 is 0. The zero-order valence-corrected chi connectivity index (χ0v) is 13.4. The Kier molecular flexibility index (Phi) is 4.86. The first-order valence-corrected chi connectivity index (χ1v) is 8.16. The quantitative estimate of drug-likeness (QED) is 0.943. The van der Waals surface area contributed by atoms with Crippen LogP contribution in [0.3, 0.4) is 0 Å². The third kappa shape index (κ3) is 3.86. The highest BCUT2D eigenvalue weighted by Gasteiger charge is 2.14. The molecule has 1 N–H and O–H groups in total. The molecule has 0 bridgehead atoms. The maximum atomic E-state index is 12.3. The fourth-order valence-electron chi connectivity index (χ4n) is 2.89. The second-order valence-electron chi connectivity index (χ2n) is 5.92. The normalized spacial score (nSPS) is 16.0. The highest BCUT2D eigenvalue weighted by molar-refractivity contribution is 5.94. The van der Waals surface area contributed by atoms with Crippen molar-refractivity contribution in [2.75, 3.05) is 18.0 Å². The van der Waals surface area contributed by atoms with Crippen LogP contribution in [0.2, 0.25) is 0 Å². The molecule has 1 fully saturated rings. The van der Waals surface area contributed by atoms with Crippen LogP contribution in [0.1, 0.15) is 48.3 Å². The molecule has 0 aliphatic carbocycles. The SMILES string of the molecule is CC(NC(=O)c1ccc(N2CCCCC2)cc1)c1ccncn1. The first-order chi connectivity index (χ1) is 11.2. The van der Waals surface area contributed by atoms with Gasteiger partial charge >= 0.3 is 0 Å². The zero-order chi connectivity index (χ0) is 16.1. The van der Waals surface area contributed by atoms with Gasteiger partial charge in [0.15, 0.2) is 0 Å². The van der Waals surface area contributed by atoms with Crippen LogP contribution in [0.4, 0.5) is 5.69 Å². The van der Waals surface area contributed by atoms with Crippen LogP contribution in [0.25, 0.3) is 0 Å². The molecule has 0 radical (unpaired) electrons. The Balaban J connectivity index is 1.63. The minimum Gasteiger partial charge on any atom is -0.372 e. The molecule has 23 heavy (non-hydrogen) atoms. The highest BCUT2D eigenvalue weighted by Crippen LogP contribution is 2.20. The van der Waals surface area contributed by atoms with Crippen LogP contribution >= 0.6 is 0 Å². The number of hydrogen-bond donors (Lipinski definition) is 1. The van der Waals surface area contributed by atoms with Gasteiger partial charge in [-0.1, -0.05) is 0 Å². The van der Waals surface area contributed by atoms with Crippen molar-refractivity contribution in [1.82, 2.24) is 15.3 Å². The van der Waals surface area contributed by atoms with E-state index in [-0.39, 0.29) is 11.9 Å². The van der Waals surface area contributed by atoms with E-state index >= 15 is 0 Å². The van der Waals surface area contributed by atoms with Crippen molar-refractivity contribution >= 4 is 11.6 Å². The van der Waals surface area contributed by atoms with E-state index in [0.29, 0.717) is 5.56 Å². The summed E-state index contributed by atoms with van der Waals surface area (Å²) in [4.78, 5) is 22.8. The maximum Gasteiger partial charge on any atom is 0.251 e. The summed E-state index contributed by atoms with van der Waals surface area (Å²) >= 11 is 0. The first-order valence-electron chi connectivity index (χ1n) is 8.16. The van der Waals surface area contributed by atoms with Crippen LogP contribution in [0.15, 0.2) is 42.9 Å². The van der Waals surface area contributed by atoms with Gasteiger partial charge < -0.3 is 10.2 Å². The fourth-order valence-corrected chi connectivity index (χ4v) is 2.89. The number of nitrogens with zero attached hydrogens (tertiary/aromatic N) is 3. The third-order valence-electron chi connectivity index (χ3n) is 4.25. The monoisotopic (exact) mass is 310 g/mol. The Labute approximate surface area is 136 Å². The van der Waals surface area contributed by atoms with Gasteiger partial charge in [-0.25, -0.2) is 9.97 Å². The Hall–Kier alpha value is -2.43. The molecule has 3 rings (SSSR count). The van der Waals surface area contributed by atoms with Gasteiger partial charge in [0.1, 0.15) is 6.33 Å². The van der Waals surface area contributed by atoms with Gasteiger partial charge in [-0.3, -0.25) is 4.79 Å². The van der Waals surface area contributed by atoms with Crippen LogP contribution < -0.4 is 10.2 Å². The first kappa shape index (κ1) is 15.5. The average Bonchev–Trinajstić information content (AvgIpc) is 2.63. The number of carbonyl (C=O) groups excluding carboxylic acids is 1. The van der Waals surface area contributed by atoms with Crippen molar-refractivity contribution in [3.63, 3.8) is 0 Å². The number of carbonyl (C=O) groups is 1. The minimum absolute atomic E-state index is 0.0821. The number of hydrogen-bond acceptors (Lipinski definition) is 4. The van der Waals surface area contributed by atoms with Gasteiger partial charge in [0, 0.05) is 30.5 Å². The molecule has 2 heterocycles. The molecule has 2 aromatic rings. The Morgan fingerprint density at radius 2 is 1.87 bits per heavy atom. The van der Waals surface area contributed by atoms with Crippen molar-refractivity contribution in [2.24, 2.45) is 0 Å². The summed E-state index contributed by atoms with van der Waals surface area (Å²) in [7, 11) is 0. The van der Waals surface area contributed by atoms with Crippen molar-refractivity contribution in [1.29, 1.82) is 0 Å². The Morgan fingerprint density at radius 3 is 2.52 bits per heavy atom. The van der Waals surface area contributed by atoms with Crippen molar-refractivity contribution in [2.45, 2.75) is 32.2 Å². The van der Waals surface area contributed by atoms with Gasteiger partial charge in [-0.2, -0.15) is 0 Å². The Bertz CT molecular complexity index is 636. The Morgan fingerprint density at radius 1 is 1.13 bits per heavy atom.